The summed E-state index contributed by atoms with van der Waals surface area (Å²) >= 11 is 5.97. The molecule has 0 aliphatic carbocycles. The summed E-state index contributed by atoms with van der Waals surface area (Å²) < 4.78 is 11.1. The van der Waals surface area contributed by atoms with Crippen molar-refractivity contribution in [1.82, 2.24) is 10.3 Å². The van der Waals surface area contributed by atoms with Crippen molar-refractivity contribution in [3.8, 4) is 11.6 Å². The van der Waals surface area contributed by atoms with Crippen LogP contribution in [0.25, 0.3) is 0 Å². The number of nitrogens with one attached hydrogen (secondary N) is 1. The minimum atomic E-state index is 0. The highest BCUT2D eigenvalue weighted by atomic mass is 127. The number of guanidine groups is 1. The Kier molecular flexibility index (Phi) is 7.57. The number of aliphatic imine (C=N–C) groups is 1. The number of fused-ring (bicyclic) bond motifs is 1. The zero-order chi connectivity index (χ0) is 16.8. The number of benzene rings is 1. The lowest BCUT2D eigenvalue weighted by molar-refractivity contribution is 0.262. The van der Waals surface area contributed by atoms with E-state index < -0.39 is 0 Å². The quantitative estimate of drug-likeness (QED) is 0.301. The number of aromatic nitrogens is 1. The largest absolute Gasteiger partial charge is 0.493 e. The van der Waals surface area contributed by atoms with Gasteiger partial charge >= 0.3 is 0 Å². The average molecular weight is 475 g/mol. The highest BCUT2D eigenvalue weighted by Gasteiger charge is 2.21. The van der Waals surface area contributed by atoms with Crippen LogP contribution in [0.15, 0.2) is 47.6 Å². The van der Waals surface area contributed by atoms with E-state index in [4.69, 9.17) is 26.8 Å². The van der Waals surface area contributed by atoms with Crippen LogP contribution in [0.4, 0.5) is 0 Å². The maximum Gasteiger partial charge on any atom is 0.232 e. The van der Waals surface area contributed by atoms with Gasteiger partial charge in [0.1, 0.15) is 17.4 Å². The summed E-state index contributed by atoms with van der Waals surface area (Å²) in [5.41, 5.74) is 7.07. The van der Waals surface area contributed by atoms with Gasteiger partial charge in [-0.2, -0.15) is 0 Å². The van der Waals surface area contributed by atoms with Gasteiger partial charge in [0.15, 0.2) is 5.96 Å². The number of rotatable bonds is 5. The first kappa shape index (κ1) is 19.6. The topological polar surface area (TPSA) is 81.8 Å². The third-order valence-electron chi connectivity index (χ3n) is 3.62. The lowest BCUT2D eigenvalue weighted by Crippen LogP contribution is -2.37. The Balaban J connectivity index is 0.00000225. The Labute approximate surface area is 168 Å². The van der Waals surface area contributed by atoms with Gasteiger partial charge in [0, 0.05) is 18.2 Å². The molecule has 1 unspecified atom stereocenters. The van der Waals surface area contributed by atoms with Crippen molar-refractivity contribution in [2.45, 2.75) is 12.5 Å². The molecule has 1 aromatic heterocycles. The van der Waals surface area contributed by atoms with Crippen LogP contribution in [0.5, 0.6) is 11.6 Å². The van der Waals surface area contributed by atoms with E-state index in [0.29, 0.717) is 36.6 Å². The van der Waals surface area contributed by atoms with Crippen molar-refractivity contribution >= 4 is 41.5 Å². The Bertz CT molecular complexity index is 729. The van der Waals surface area contributed by atoms with Gasteiger partial charge < -0.3 is 20.5 Å². The molecular weight excluding hydrogens is 455 g/mol. The minimum Gasteiger partial charge on any atom is -0.493 e. The third-order valence-corrected chi connectivity index (χ3v) is 3.91. The summed E-state index contributed by atoms with van der Waals surface area (Å²) in [5.74, 6) is 1.67. The molecule has 0 spiro atoms. The molecule has 25 heavy (non-hydrogen) atoms. The number of halogens is 2. The number of hydrogen-bond donors (Lipinski definition) is 2. The van der Waals surface area contributed by atoms with Crippen LogP contribution in [0.2, 0.25) is 5.02 Å². The fourth-order valence-corrected chi connectivity index (χ4v) is 2.68. The van der Waals surface area contributed by atoms with E-state index in [1.165, 1.54) is 0 Å². The number of ether oxygens (including phenoxy) is 2. The molecule has 3 rings (SSSR count). The number of pyridine rings is 1. The normalized spacial score (nSPS) is 16.2. The molecule has 0 amide bonds. The highest BCUT2D eigenvalue weighted by Crippen LogP contribution is 2.31. The number of hydrogen-bond acceptors (Lipinski definition) is 4. The summed E-state index contributed by atoms with van der Waals surface area (Å²) in [6.07, 6.45) is 2.47. The molecule has 1 atom stereocenters. The first-order valence-corrected chi connectivity index (χ1v) is 8.13. The van der Waals surface area contributed by atoms with Gasteiger partial charge in [0.2, 0.25) is 5.88 Å². The maximum absolute atomic E-state index is 5.97. The first-order chi connectivity index (χ1) is 11.7. The predicted molar refractivity (Wildman–Crippen MR) is 109 cm³/mol. The molecule has 0 saturated heterocycles. The fourth-order valence-electron chi connectivity index (χ4n) is 2.50. The summed E-state index contributed by atoms with van der Waals surface area (Å²) in [6, 6.07) is 11.5. The monoisotopic (exact) mass is 474 g/mol. The summed E-state index contributed by atoms with van der Waals surface area (Å²) in [5, 5.41) is 3.71. The summed E-state index contributed by atoms with van der Waals surface area (Å²) in [6.45, 7) is 1.42. The van der Waals surface area contributed by atoms with E-state index in [9.17, 15) is 0 Å². The molecule has 1 aliphatic rings. The van der Waals surface area contributed by atoms with Gasteiger partial charge in [-0.15, -0.1) is 24.0 Å². The van der Waals surface area contributed by atoms with Crippen molar-refractivity contribution in [3.63, 3.8) is 0 Å². The Hall–Kier alpha value is -1.74. The van der Waals surface area contributed by atoms with Crippen LogP contribution in [-0.4, -0.2) is 30.7 Å². The van der Waals surface area contributed by atoms with E-state index in [-0.39, 0.29) is 30.0 Å². The van der Waals surface area contributed by atoms with Crippen molar-refractivity contribution in [2.75, 3.05) is 19.8 Å². The minimum absolute atomic E-state index is 0. The lowest BCUT2D eigenvalue weighted by atomic mass is 10.0. The fraction of sp³-hybridized carbons (Fsp3) is 0.294. The molecular formula is C17H20ClIN4O2. The van der Waals surface area contributed by atoms with Crippen LogP contribution in [0, 0.1) is 0 Å². The van der Waals surface area contributed by atoms with Gasteiger partial charge in [0.05, 0.1) is 19.2 Å². The van der Waals surface area contributed by atoms with E-state index in [2.05, 4.69) is 15.3 Å². The van der Waals surface area contributed by atoms with Crippen molar-refractivity contribution in [2.24, 2.45) is 10.7 Å². The Morgan fingerprint density at radius 3 is 3.04 bits per heavy atom. The molecule has 0 radical (unpaired) electrons. The molecule has 3 N–H and O–H groups in total. The average Bonchev–Trinajstić information content (AvgIpc) is 2.60. The van der Waals surface area contributed by atoms with Gasteiger partial charge in [0.25, 0.3) is 0 Å². The van der Waals surface area contributed by atoms with Gasteiger partial charge in [-0.1, -0.05) is 29.8 Å². The Morgan fingerprint density at radius 2 is 2.20 bits per heavy atom. The maximum atomic E-state index is 5.97. The van der Waals surface area contributed by atoms with Crippen molar-refractivity contribution < 1.29 is 9.47 Å². The zero-order valence-electron chi connectivity index (χ0n) is 13.5. The molecule has 2 aromatic rings. The first-order valence-electron chi connectivity index (χ1n) is 7.75. The highest BCUT2D eigenvalue weighted by molar-refractivity contribution is 14.0. The predicted octanol–water partition coefficient (Wildman–Crippen LogP) is 3.16. The lowest BCUT2D eigenvalue weighted by Gasteiger charge is -2.26. The SMILES string of the molecule is I.NC(=NCCOc1ncccc1Cl)NC1CCOc2ccccc21. The second-order valence-corrected chi connectivity index (χ2v) is 5.68. The third kappa shape index (κ3) is 5.37. The van der Waals surface area contributed by atoms with Crippen LogP contribution in [-0.2, 0) is 0 Å². The van der Waals surface area contributed by atoms with Crippen LogP contribution < -0.4 is 20.5 Å². The van der Waals surface area contributed by atoms with Gasteiger partial charge in [-0.05, 0) is 18.2 Å². The molecule has 0 bridgehead atoms. The van der Waals surface area contributed by atoms with Gasteiger partial charge in [-0.3, -0.25) is 0 Å². The van der Waals surface area contributed by atoms with Gasteiger partial charge in [-0.25, -0.2) is 9.98 Å². The second kappa shape index (κ2) is 9.67. The molecule has 6 nitrogen and oxygen atoms in total. The molecule has 8 heteroatoms. The molecule has 134 valence electrons. The number of para-hydroxylation sites is 1. The summed E-state index contributed by atoms with van der Waals surface area (Å²) in [7, 11) is 0. The van der Waals surface area contributed by atoms with Crippen molar-refractivity contribution in [1.29, 1.82) is 0 Å². The molecule has 1 aromatic carbocycles. The standard InChI is InChI=1S/C17H19ClN4O2.HI/c18-13-5-3-8-20-16(13)24-11-9-21-17(19)22-14-7-10-23-15-6-2-1-4-12(14)15;/h1-6,8,14H,7,9-11H2,(H3,19,21,22);1H. The second-order valence-electron chi connectivity index (χ2n) is 5.28. The van der Waals surface area contributed by atoms with Crippen LogP contribution in [0.1, 0.15) is 18.0 Å². The van der Waals surface area contributed by atoms with Crippen LogP contribution in [0.3, 0.4) is 0 Å². The van der Waals surface area contributed by atoms with Crippen LogP contribution >= 0.6 is 35.6 Å². The van der Waals surface area contributed by atoms with E-state index >= 15 is 0 Å². The molecule has 2 heterocycles. The smallest absolute Gasteiger partial charge is 0.232 e. The molecule has 1 aliphatic heterocycles. The zero-order valence-corrected chi connectivity index (χ0v) is 16.6. The molecule has 0 fully saturated rings. The van der Waals surface area contributed by atoms with E-state index in [1.807, 2.05) is 24.3 Å². The Morgan fingerprint density at radius 1 is 1.36 bits per heavy atom. The summed E-state index contributed by atoms with van der Waals surface area (Å²) in [4.78, 5) is 8.33. The van der Waals surface area contributed by atoms with Crippen molar-refractivity contribution in [3.05, 3.63) is 53.2 Å². The number of nitrogens with two attached hydrogens (primary N) is 1. The molecule has 0 saturated carbocycles. The number of nitrogens with zero attached hydrogens (tertiary/aromatic N) is 2. The van der Waals surface area contributed by atoms with E-state index in [0.717, 1.165) is 17.7 Å². The van der Waals surface area contributed by atoms with E-state index in [1.54, 1.807) is 18.3 Å².